The fourth-order valence-corrected chi connectivity index (χ4v) is 4.09. The summed E-state index contributed by atoms with van der Waals surface area (Å²) in [5.41, 5.74) is 4.02. The second-order valence-electron chi connectivity index (χ2n) is 6.75. The van der Waals surface area contributed by atoms with E-state index in [4.69, 9.17) is 4.74 Å². The fourth-order valence-electron chi connectivity index (χ4n) is 3.23. The van der Waals surface area contributed by atoms with Gasteiger partial charge in [-0.05, 0) is 60.7 Å². The number of methoxy groups -OCH3 is 1. The molecule has 8 heteroatoms. The first-order chi connectivity index (χ1) is 15.2. The molecule has 152 valence electrons. The number of carbonyl (C=O) groups excluding carboxylic acids is 1. The monoisotopic (exact) mass is 427 g/mol. The molecule has 0 atom stereocenters. The Bertz CT molecular complexity index is 1320. The summed E-state index contributed by atoms with van der Waals surface area (Å²) in [4.78, 5) is 17.1. The maximum absolute atomic E-state index is 12.6. The van der Waals surface area contributed by atoms with Crippen LogP contribution in [-0.4, -0.2) is 33.0 Å². The second kappa shape index (κ2) is 8.00. The van der Waals surface area contributed by atoms with E-state index in [-0.39, 0.29) is 5.91 Å². The molecule has 0 aliphatic heterocycles. The summed E-state index contributed by atoms with van der Waals surface area (Å²) in [7, 11) is 1.63. The van der Waals surface area contributed by atoms with Crippen molar-refractivity contribution < 1.29 is 9.53 Å². The summed E-state index contributed by atoms with van der Waals surface area (Å²) in [5, 5.41) is 11.7. The Morgan fingerprint density at radius 1 is 1.00 bits per heavy atom. The molecule has 31 heavy (non-hydrogen) atoms. The highest BCUT2D eigenvalue weighted by Gasteiger charge is 2.12. The van der Waals surface area contributed by atoms with Gasteiger partial charge in [-0.1, -0.05) is 28.7 Å². The standard InChI is InChI=1S/C23H17N5O2S/c1-30-18-12-8-15(9-13-18)20-14-24-27-28(20)17-10-6-16(7-11-17)22(29)26-23-25-19-4-2-3-5-21(19)31-23/h2-14H,1H3,(H,25,26,29). The zero-order valence-corrected chi connectivity index (χ0v) is 17.3. The molecule has 2 aromatic heterocycles. The van der Waals surface area contributed by atoms with Gasteiger partial charge in [0.1, 0.15) is 5.75 Å². The van der Waals surface area contributed by atoms with E-state index < -0.39 is 0 Å². The van der Waals surface area contributed by atoms with Gasteiger partial charge in [-0.3, -0.25) is 10.1 Å². The Morgan fingerprint density at radius 3 is 2.52 bits per heavy atom. The van der Waals surface area contributed by atoms with Crippen LogP contribution in [0.2, 0.25) is 0 Å². The SMILES string of the molecule is COc1ccc(-c2cnnn2-c2ccc(C(=O)Nc3nc4ccccc4s3)cc2)cc1. The minimum Gasteiger partial charge on any atom is -0.497 e. The number of ether oxygens (including phenoxy) is 1. The number of thiazole rings is 1. The predicted molar refractivity (Wildman–Crippen MR) is 121 cm³/mol. The predicted octanol–water partition coefficient (Wildman–Crippen LogP) is 4.80. The first-order valence-corrected chi connectivity index (χ1v) is 10.4. The van der Waals surface area contributed by atoms with Crippen molar-refractivity contribution >= 4 is 32.6 Å². The van der Waals surface area contributed by atoms with Crippen molar-refractivity contribution in [3.8, 4) is 22.7 Å². The van der Waals surface area contributed by atoms with Crippen LogP contribution in [0.5, 0.6) is 5.75 Å². The maximum atomic E-state index is 12.6. The molecule has 3 aromatic carbocycles. The zero-order chi connectivity index (χ0) is 21.2. The number of hydrogen-bond donors (Lipinski definition) is 1. The summed E-state index contributed by atoms with van der Waals surface area (Å²) in [6.45, 7) is 0. The minimum absolute atomic E-state index is 0.209. The summed E-state index contributed by atoms with van der Waals surface area (Å²) in [6.07, 6.45) is 1.70. The molecule has 0 fully saturated rings. The number of aromatic nitrogens is 4. The van der Waals surface area contributed by atoms with Crippen LogP contribution in [0.25, 0.3) is 27.2 Å². The molecule has 5 rings (SSSR count). The maximum Gasteiger partial charge on any atom is 0.257 e. The van der Waals surface area contributed by atoms with E-state index in [0.29, 0.717) is 10.7 Å². The molecule has 2 heterocycles. The molecule has 0 saturated heterocycles. The topological polar surface area (TPSA) is 81.9 Å². The molecule has 0 aliphatic carbocycles. The quantitative estimate of drug-likeness (QED) is 0.435. The van der Waals surface area contributed by atoms with Gasteiger partial charge in [0.25, 0.3) is 5.91 Å². The van der Waals surface area contributed by atoms with Gasteiger partial charge >= 0.3 is 0 Å². The van der Waals surface area contributed by atoms with Gasteiger partial charge in [0.05, 0.1) is 34.9 Å². The van der Waals surface area contributed by atoms with Gasteiger partial charge < -0.3 is 4.74 Å². The van der Waals surface area contributed by atoms with Crippen molar-refractivity contribution in [2.75, 3.05) is 12.4 Å². The van der Waals surface area contributed by atoms with Crippen LogP contribution in [0.3, 0.4) is 0 Å². The van der Waals surface area contributed by atoms with E-state index in [1.807, 2.05) is 60.7 Å². The van der Waals surface area contributed by atoms with E-state index in [1.54, 1.807) is 30.1 Å². The highest BCUT2D eigenvalue weighted by atomic mass is 32.1. The number of fused-ring (bicyclic) bond motifs is 1. The summed E-state index contributed by atoms with van der Waals surface area (Å²) < 4.78 is 7.98. The molecule has 7 nitrogen and oxygen atoms in total. The van der Waals surface area contributed by atoms with E-state index in [1.165, 1.54) is 11.3 Å². The van der Waals surface area contributed by atoms with Crippen molar-refractivity contribution in [2.24, 2.45) is 0 Å². The van der Waals surface area contributed by atoms with Crippen LogP contribution in [-0.2, 0) is 0 Å². The Kier molecular flexibility index (Phi) is 4.89. The highest BCUT2D eigenvalue weighted by Crippen LogP contribution is 2.26. The van der Waals surface area contributed by atoms with Gasteiger partial charge in [0, 0.05) is 11.1 Å². The van der Waals surface area contributed by atoms with Crippen LogP contribution in [0.15, 0.2) is 79.0 Å². The molecule has 0 bridgehead atoms. The van der Waals surface area contributed by atoms with Gasteiger partial charge in [-0.15, -0.1) is 5.10 Å². The van der Waals surface area contributed by atoms with Crippen molar-refractivity contribution in [3.63, 3.8) is 0 Å². The van der Waals surface area contributed by atoms with Gasteiger partial charge in [0.2, 0.25) is 0 Å². The number of nitrogens with one attached hydrogen (secondary N) is 1. The molecule has 5 aromatic rings. The van der Waals surface area contributed by atoms with Crippen molar-refractivity contribution in [1.82, 2.24) is 20.0 Å². The Morgan fingerprint density at radius 2 is 1.77 bits per heavy atom. The number of rotatable bonds is 5. The first-order valence-electron chi connectivity index (χ1n) is 9.54. The minimum atomic E-state index is -0.209. The number of anilines is 1. The Balaban J connectivity index is 1.36. The molecular formula is C23H17N5O2S. The number of amides is 1. The molecule has 1 amide bonds. The number of carbonyl (C=O) groups is 1. The molecule has 1 N–H and O–H groups in total. The zero-order valence-electron chi connectivity index (χ0n) is 16.5. The number of hydrogen-bond acceptors (Lipinski definition) is 6. The molecule has 0 unspecified atom stereocenters. The summed E-state index contributed by atoms with van der Waals surface area (Å²) >= 11 is 1.45. The summed E-state index contributed by atoms with van der Waals surface area (Å²) in [6, 6.07) is 22.7. The van der Waals surface area contributed by atoms with E-state index >= 15 is 0 Å². The van der Waals surface area contributed by atoms with Crippen molar-refractivity contribution in [2.45, 2.75) is 0 Å². The lowest BCUT2D eigenvalue weighted by Gasteiger charge is -2.08. The average Bonchev–Trinajstić information content (AvgIpc) is 3.46. The molecule has 0 aliphatic rings. The van der Waals surface area contributed by atoms with Crippen molar-refractivity contribution in [3.05, 3.63) is 84.6 Å². The lowest BCUT2D eigenvalue weighted by atomic mass is 10.1. The van der Waals surface area contributed by atoms with Crippen LogP contribution >= 0.6 is 11.3 Å². The second-order valence-corrected chi connectivity index (χ2v) is 7.78. The third kappa shape index (κ3) is 3.76. The lowest BCUT2D eigenvalue weighted by Crippen LogP contribution is -2.11. The average molecular weight is 427 g/mol. The molecule has 0 radical (unpaired) electrons. The summed E-state index contributed by atoms with van der Waals surface area (Å²) in [5.74, 6) is 0.575. The van der Waals surface area contributed by atoms with E-state index in [0.717, 1.165) is 32.9 Å². The number of para-hydroxylation sites is 1. The molecule has 0 spiro atoms. The van der Waals surface area contributed by atoms with Crippen LogP contribution in [0, 0.1) is 0 Å². The normalized spacial score (nSPS) is 10.9. The number of nitrogens with zero attached hydrogens (tertiary/aromatic N) is 4. The Labute approximate surface area is 181 Å². The van der Waals surface area contributed by atoms with Crippen LogP contribution < -0.4 is 10.1 Å². The van der Waals surface area contributed by atoms with Crippen molar-refractivity contribution in [1.29, 1.82) is 0 Å². The van der Waals surface area contributed by atoms with Gasteiger partial charge in [-0.25, -0.2) is 9.67 Å². The molecular weight excluding hydrogens is 410 g/mol. The smallest absolute Gasteiger partial charge is 0.257 e. The first kappa shape index (κ1) is 19.0. The third-order valence-corrected chi connectivity index (χ3v) is 5.78. The van der Waals surface area contributed by atoms with Crippen LogP contribution in [0.4, 0.5) is 5.13 Å². The Hall–Kier alpha value is -4.04. The lowest BCUT2D eigenvalue weighted by molar-refractivity contribution is 0.102. The van der Waals surface area contributed by atoms with Gasteiger partial charge in [-0.2, -0.15) is 0 Å². The van der Waals surface area contributed by atoms with Crippen LogP contribution in [0.1, 0.15) is 10.4 Å². The van der Waals surface area contributed by atoms with E-state index in [9.17, 15) is 4.79 Å². The molecule has 0 saturated carbocycles. The number of benzene rings is 3. The third-order valence-electron chi connectivity index (χ3n) is 4.82. The largest absolute Gasteiger partial charge is 0.497 e. The highest BCUT2D eigenvalue weighted by molar-refractivity contribution is 7.22. The van der Waals surface area contributed by atoms with E-state index in [2.05, 4.69) is 20.6 Å². The van der Waals surface area contributed by atoms with Gasteiger partial charge in [0.15, 0.2) is 5.13 Å². The fraction of sp³-hybridized carbons (Fsp3) is 0.0435.